The number of aryl methyl sites for hydroxylation is 1. The Hall–Kier alpha value is -1.55. The molecule has 1 aromatic rings. The van der Waals surface area contributed by atoms with E-state index in [2.05, 4.69) is 5.32 Å². The minimum atomic E-state index is -0.183. The van der Waals surface area contributed by atoms with Crippen molar-refractivity contribution in [2.24, 2.45) is 5.92 Å². The van der Waals surface area contributed by atoms with Gasteiger partial charge >= 0.3 is 0 Å². The number of aliphatic hydroxyl groups excluding tert-OH is 1. The Morgan fingerprint density at radius 2 is 2.19 bits per heavy atom. The molecule has 1 rings (SSSR count). The highest BCUT2D eigenvalue weighted by Crippen LogP contribution is 2.15. The number of carbonyl (C=O) groups excluding carboxylic acids is 1. The van der Waals surface area contributed by atoms with Crippen molar-refractivity contribution in [3.63, 3.8) is 0 Å². The van der Waals surface area contributed by atoms with E-state index in [1.54, 1.807) is 19.1 Å². The minimum Gasteiger partial charge on any atom is -0.508 e. The minimum absolute atomic E-state index is 0.0429. The van der Waals surface area contributed by atoms with Gasteiger partial charge in [0.05, 0.1) is 0 Å². The van der Waals surface area contributed by atoms with Crippen molar-refractivity contribution in [3.05, 3.63) is 29.3 Å². The molecule has 0 saturated heterocycles. The number of amides is 1. The fourth-order valence-corrected chi connectivity index (χ4v) is 1.33. The zero-order valence-electron chi connectivity index (χ0n) is 9.53. The molecule has 4 heteroatoms. The highest BCUT2D eigenvalue weighted by Gasteiger charge is 2.10. The summed E-state index contributed by atoms with van der Waals surface area (Å²) in [4.78, 5) is 11.7. The summed E-state index contributed by atoms with van der Waals surface area (Å²) in [6.07, 6.45) is 0. The van der Waals surface area contributed by atoms with Crippen molar-refractivity contribution in [1.82, 2.24) is 5.32 Å². The molecule has 88 valence electrons. The Balaban J connectivity index is 2.66. The highest BCUT2D eigenvalue weighted by atomic mass is 16.3. The first kappa shape index (κ1) is 12.5. The third-order valence-corrected chi connectivity index (χ3v) is 2.38. The van der Waals surface area contributed by atoms with Crippen molar-refractivity contribution in [3.8, 4) is 5.75 Å². The molecule has 0 heterocycles. The van der Waals surface area contributed by atoms with Gasteiger partial charge in [-0.3, -0.25) is 4.79 Å². The van der Waals surface area contributed by atoms with Crippen molar-refractivity contribution in [2.45, 2.75) is 13.8 Å². The maximum Gasteiger partial charge on any atom is 0.251 e. The number of benzene rings is 1. The molecule has 1 atom stereocenters. The van der Waals surface area contributed by atoms with Crippen LogP contribution in [-0.2, 0) is 0 Å². The molecule has 0 spiro atoms. The van der Waals surface area contributed by atoms with Gasteiger partial charge in [-0.15, -0.1) is 0 Å². The zero-order valence-corrected chi connectivity index (χ0v) is 9.53. The third kappa shape index (κ3) is 3.24. The fraction of sp³-hybridized carbons (Fsp3) is 0.417. The first-order chi connectivity index (χ1) is 7.54. The Bertz CT molecular complexity index is 377. The second-order valence-electron chi connectivity index (χ2n) is 4.00. The number of hydrogen-bond acceptors (Lipinski definition) is 3. The predicted molar refractivity (Wildman–Crippen MR) is 61.4 cm³/mol. The van der Waals surface area contributed by atoms with E-state index in [0.717, 1.165) is 5.56 Å². The van der Waals surface area contributed by atoms with E-state index < -0.39 is 0 Å². The van der Waals surface area contributed by atoms with Crippen LogP contribution in [0.3, 0.4) is 0 Å². The summed E-state index contributed by atoms with van der Waals surface area (Å²) >= 11 is 0. The third-order valence-electron chi connectivity index (χ3n) is 2.38. The van der Waals surface area contributed by atoms with Gasteiger partial charge < -0.3 is 15.5 Å². The number of nitrogens with one attached hydrogen (secondary N) is 1. The molecule has 0 aromatic heterocycles. The van der Waals surface area contributed by atoms with Gasteiger partial charge in [0.15, 0.2) is 0 Å². The highest BCUT2D eigenvalue weighted by molar-refractivity contribution is 5.95. The van der Waals surface area contributed by atoms with Crippen molar-refractivity contribution < 1.29 is 15.0 Å². The standard InChI is InChI=1S/C12H17NO3/c1-8(7-14)6-13-12(16)11-4-3-10(15)5-9(11)2/h3-5,8,14-15H,6-7H2,1-2H3,(H,13,16). The lowest BCUT2D eigenvalue weighted by molar-refractivity contribution is 0.0941. The lowest BCUT2D eigenvalue weighted by Crippen LogP contribution is -2.29. The summed E-state index contributed by atoms with van der Waals surface area (Å²) in [5.41, 5.74) is 1.28. The van der Waals surface area contributed by atoms with Crippen LogP contribution in [0.1, 0.15) is 22.8 Å². The molecule has 1 aromatic carbocycles. The Labute approximate surface area is 94.9 Å². The molecule has 0 saturated carbocycles. The average Bonchev–Trinajstić information content (AvgIpc) is 2.25. The number of carbonyl (C=O) groups is 1. The van der Waals surface area contributed by atoms with Crippen LogP contribution in [-0.4, -0.2) is 29.3 Å². The quantitative estimate of drug-likeness (QED) is 0.714. The van der Waals surface area contributed by atoms with Gasteiger partial charge in [-0.2, -0.15) is 0 Å². The number of aromatic hydroxyl groups is 1. The van der Waals surface area contributed by atoms with E-state index in [-0.39, 0.29) is 24.2 Å². The smallest absolute Gasteiger partial charge is 0.251 e. The molecular formula is C12H17NO3. The van der Waals surface area contributed by atoms with Crippen LogP contribution < -0.4 is 5.32 Å². The van der Waals surface area contributed by atoms with Gasteiger partial charge in [-0.25, -0.2) is 0 Å². The molecule has 4 nitrogen and oxygen atoms in total. The van der Waals surface area contributed by atoms with Crippen molar-refractivity contribution in [1.29, 1.82) is 0 Å². The summed E-state index contributed by atoms with van der Waals surface area (Å²) in [6, 6.07) is 4.62. The number of phenolic OH excluding ortho intramolecular Hbond substituents is 1. The predicted octanol–water partition coefficient (Wildman–Crippen LogP) is 1.06. The normalized spacial score (nSPS) is 12.2. The lowest BCUT2D eigenvalue weighted by Gasteiger charge is -2.11. The van der Waals surface area contributed by atoms with E-state index in [4.69, 9.17) is 5.11 Å². The van der Waals surface area contributed by atoms with Crippen LogP contribution in [0.2, 0.25) is 0 Å². The Kier molecular flexibility index (Phi) is 4.31. The van der Waals surface area contributed by atoms with Gasteiger partial charge in [0.2, 0.25) is 0 Å². The lowest BCUT2D eigenvalue weighted by atomic mass is 10.1. The van der Waals surface area contributed by atoms with Crippen LogP contribution >= 0.6 is 0 Å². The van der Waals surface area contributed by atoms with Gasteiger partial charge in [0.1, 0.15) is 5.75 Å². The molecule has 0 radical (unpaired) electrons. The number of phenols is 1. The largest absolute Gasteiger partial charge is 0.508 e. The summed E-state index contributed by atoms with van der Waals surface area (Å²) in [7, 11) is 0. The van der Waals surface area contributed by atoms with E-state index in [1.807, 2.05) is 6.92 Å². The van der Waals surface area contributed by atoms with Crippen LogP contribution in [0.25, 0.3) is 0 Å². The molecule has 0 fully saturated rings. The average molecular weight is 223 g/mol. The summed E-state index contributed by atoms with van der Waals surface area (Å²) in [5, 5.41) is 20.8. The van der Waals surface area contributed by atoms with Crippen molar-refractivity contribution >= 4 is 5.91 Å². The van der Waals surface area contributed by atoms with Crippen LogP contribution in [0, 0.1) is 12.8 Å². The van der Waals surface area contributed by atoms with E-state index in [9.17, 15) is 9.90 Å². The molecule has 0 aliphatic rings. The van der Waals surface area contributed by atoms with Gasteiger partial charge in [0, 0.05) is 18.7 Å². The molecule has 1 amide bonds. The van der Waals surface area contributed by atoms with Crippen LogP contribution in [0.4, 0.5) is 0 Å². The monoisotopic (exact) mass is 223 g/mol. The first-order valence-electron chi connectivity index (χ1n) is 5.23. The van der Waals surface area contributed by atoms with Crippen molar-refractivity contribution in [2.75, 3.05) is 13.2 Å². The van der Waals surface area contributed by atoms with Crippen LogP contribution in [0.5, 0.6) is 5.75 Å². The molecule has 16 heavy (non-hydrogen) atoms. The molecule has 0 aliphatic carbocycles. The van der Waals surface area contributed by atoms with E-state index in [0.29, 0.717) is 12.1 Å². The zero-order chi connectivity index (χ0) is 12.1. The number of aliphatic hydroxyl groups is 1. The van der Waals surface area contributed by atoms with Gasteiger partial charge in [0.25, 0.3) is 5.91 Å². The maximum absolute atomic E-state index is 11.7. The summed E-state index contributed by atoms with van der Waals surface area (Å²) in [5.74, 6) is 0.0111. The summed E-state index contributed by atoms with van der Waals surface area (Å²) < 4.78 is 0. The maximum atomic E-state index is 11.7. The number of rotatable bonds is 4. The summed E-state index contributed by atoms with van der Waals surface area (Å²) in [6.45, 7) is 4.11. The second kappa shape index (κ2) is 5.51. The van der Waals surface area contributed by atoms with E-state index >= 15 is 0 Å². The number of hydrogen-bond donors (Lipinski definition) is 3. The van der Waals surface area contributed by atoms with Gasteiger partial charge in [-0.05, 0) is 36.6 Å². The molecule has 0 bridgehead atoms. The fourth-order valence-electron chi connectivity index (χ4n) is 1.33. The van der Waals surface area contributed by atoms with Crippen LogP contribution in [0.15, 0.2) is 18.2 Å². The first-order valence-corrected chi connectivity index (χ1v) is 5.23. The topological polar surface area (TPSA) is 69.6 Å². The molecule has 0 aliphatic heterocycles. The van der Waals surface area contributed by atoms with E-state index in [1.165, 1.54) is 6.07 Å². The molecule has 3 N–H and O–H groups in total. The SMILES string of the molecule is Cc1cc(O)ccc1C(=O)NCC(C)CO. The molecular weight excluding hydrogens is 206 g/mol. The Morgan fingerprint density at radius 3 is 2.75 bits per heavy atom. The molecule has 1 unspecified atom stereocenters. The Morgan fingerprint density at radius 1 is 1.50 bits per heavy atom. The van der Waals surface area contributed by atoms with Gasteiger partial charge in [-0.1, -0.05) is 6.92 Å². The second-order valence-corrected chi connectivity index (χ2v) is 4.00.